The predicted molar refractivity (Wildman–Crippen MR) is 70.5 cm³/mol. The van der Waals surface area contributed by atoms with Crippen LogP contribution in [-0.2, 0) is 0 Å². The fourth-order valence-electron chi connectivity index (χ4n) is 1.58. The number of hydrogen-bond acceptors (Lipinski definition) is 3. The van der Waals surface area contributed by atoms with Crippen molar-refractivity contribution < 1.29 is 5.11 Å². The first kappa shape index (κ1) is 10.6. The lowest BCUT2D eigenvalue weighted by Gasteiger charge is -2.19. The Morgan fingerprint density at radius 2 is 1.56 bits per heavy atom. The van der Waals surface area contributed by atoms with Gasteiger partial charge in [-0.1, -0.05) is 35.7 Å². The van der Waals surface area contributed by atoms with E-state index in [2.05, 4.69) is 22.0 Å². The fourth-order valence-corrected chi connectivity index (χ4v) is 4.63. The minimum Gasteiger partial charge on any atom is -0.507 e. The van der Waals surface area contributed by atoms with E-state index in [1.54, 1.807) is 29.6 Å². The van der Waals surface area contributed by atoms with Crippen LogP contribution in [0.1, 0.15) is 0 Å². The van der Waals surface area contributed by atoms with Gasteiger partial charge in [0.05, 0.1) is 4.90 Å². The zero-order valence-corrected chi connectivity index (χ0v) is 11.3. The molecule has 0 atom stereocenters. The third kappa shape index (κ3) is 1.65. The molecule has 1 nitrogen and oxygen atoms in total. The van der Waals surface area contributed by atoms with E-state index in [9.17, 15) is 5.11 Å². The lowest BCUT2D eigenvalue weighted by atomic mass is 10.3. The van der Waals surface area contributed by atoms with Gasteiger partial charge in [-0.25, -0.2) is 0 Å². The van der Waals surface area contributed by atoms with Gasteiger partial charge in [0.1, 0.15) is 5.75 Å². The highest BCUT2D eigenvalue weighted by atomic mass is 79.9. The van der Waals surface area contributed by atoms with Crippen LogP contribution in [0.3, 0.4) is 0 Å². The van der Waals surface area contributed by atoms with Crippen molar-refractivity contribution in [2.75, 3.05) is 0 Å². The second kappa shape index (κ2) is 4.02. The maximum atomic E-state index is 9.82. The molecule has 16 heavy (non-hydrogen) atoms. The molecule has 4 heteroatoms. The van der Waals surface area contributed by atoms with E-state index in [1.807, 2.05) is 24.3 Å². The van der Waals surface area contributed by atoms with E-state index >= 15 is 0 Å². The van der Waals surface area contributed by atoms with Gasteiger partial charge in [0, 0.05) is 19.2 Å². The van der Waals surface area contributed by atoms with Crippen LogP contribution < -0.4 is 0 Å². The lowest BCUT2D eigenvalue weighted by molar-refractivity contribution is 0.459. The molecule has 1 aliphatic rings. The van der Waals surface area contributed by atoms with E-state index in [0.29, 0.717) is 5.75 Å². The highest BCUT2D eigenvalue weighted by molar-refractivity contribution is 9.10. The molecule has 0 aromatic heterocycles. The Morgan fingerprint density at radius 3 is 2.38 bits per heavy atom. The number of aromatic hydroxyl groups is 1. The van der Waals surface area contributed by atoms with Gasteiger partial charge in [-0.2, -0.15) is 0 Å². The molecule has 0 bridgehead atoms. The number of phenols is 1. The molecule has 0 amide bonds. The molecular weight excluding hydrogens is 304 g/mol. The Bertz CT molecular complexity index is 519. The summed E-state index contributed by atoms with van der Waals surface area (Å²) in [5.41, 5.74) is 0. The number of benzene rings is 2. The van der Waals surface area contributed by atoms with Crippen LogP contribution in [0.15, 0.2) is 60.5 Å². The molecule has 0 saturated heterocycles. The van der Waals surface area contributed by atoms with Crippen LogP contribution in [0.4, 0.5) is 0 Å². The van der Waals surface area contributed by atoms with Crippen molar-refractivity contribution >= 4 is 39.5 Å². The summed E-state index contributed by atoms with van der Waals surface area (Å²) in [5.74, 6) is 0.358. The average molecular weight is 311 g/mol. The number of hydrogen-bond donors (Lipinski definition) is 1. The molecule has 2 aromatic carbocycles. The molecule has 2 aromatic rings. The molecule has 0 unspecified atom stereocenters. The highest BCUT2D eigenvalue weighted by Crippen LogP contribution is 2.53. The summed E-state index contributed by atoms with van der Waals surface area (Å²) in [7, 11) is 0. The Morgan fingerprint density at radius 1 is 0.875 bits per heavy atom. The third-order valence-electron chi connectivity index (χ3n) is 2.31. The molecule has 80 valence electrons. The van der Waals surface area contributed by atoms with E-state index in [1.165, 1.54) is 9.79 Å². The maximum Gasteiger partial charge on any atom is 0.130 e. The van der Waals surface area contributed by atoms with Crippen molar-refractivity contribution in [3.05, 3.63) is 40.9 Å². The smallest absolute Gasteiger partial charge is 0.130 e. The topological polar surface area (TPSA) is 20.2 Å². The van der Waals surface area contributed by atoms with Crippen LogP contribution in [0.25, 0.3) is 0 Å². The molecule has 3 rings (SSSR count). The Labute approximate surface area is 110 Å². The maximum absolute atomic E-state index is 9.82. The first-order valence-electron chi connectivity index (χ1n) is 4.72. The van der Waals surface area contributed by atoms with Crippen molar-refractivity contribution in [1.82, 2.24) is 0 Å². The summed E-state index contributed by atoms with van der Waals surface area (Å²) in [5, 5.41) is 9.82. The van der Waals surface area contributed by atoms with Gasteiger partial charge >= 0.3 is 0 Å². The monoisotopic (exact) mass is 310 g/mol. The number of halogens is 1. The molecule has 0 fully saturated rings. The number of fused-ring (bicyclic) bond motifs is 2. The van der Waals surface area contributed by atoms with Gasteiger partial charge < -0.3 is 5.11 Å². The highest BCUT2D eigenvalue weighted by Gasteiger charge is 2.20. The first-order valence-corrected chi connectivity index (χ1v) is 7.14. The van der Waals surface area contributed by atoms with Gasteiger partial charge in [-0.3, -0.25) is 0 Å². The lowest BCUT2D eigenvalue weighted by Crippen LogP contribution is -1.90. The van der Waals surface area contributed by atoms with Gasteiger partial charge in [0.25, 0.3) is 0 Å². The fraction of sp³-hybridized carbons (Fsp3) is 0. The van der Waals surface area contributed by atoms with Crippen molar-refractivity contribution in [1.29, 1.82) is 0 Å². The third-order valence-corrected chi connectivity index (χ3v) is 5.89. The molecule has 1 aliphatic heterocycles. The van der Waals surface area contributed by atoms with Gasteiger partial charge in [0.2, 0.25) is 0 Å². The number of rotatable bonds is 0. The van der Waals surface area contributed by atoms with Gasteiger partial charge in [-0.05, 0) is 40.2 Å². The van der Waals surface area contributed by atoms with Crippen LogP contribution in [0.5, 0.6) is 5.75 Å². The zero-order chi connectivity index (χ0) is 11.1. The normalized spacial score (nSPS) is 13.1. The standard InChI is InChI=1S/C12H7BrOS2/c13-7-3-1-5-9-11(7)16-12-8(14)4-2-6-10(12)15-9/h1-6,14H. The molecular formula is C12H7BrOS2. The van der Waals surface area contributed by atoms with Crippen molar-refractivity contribution in [3.63, 3.8) is 0 Å². The molecule has 1 N–H and O–H groups in total. The summed E-state index contributed by atoms with van der Waals surface area (Å²) in [6.07, 6.45) is 0. The van der Waals surface area contributed by atoms with E-state index in [-0.39, 0.29) is 0 Å². The van der Waals surface area contributed by atoms with Crippen molar-refractivity contribution in [2.45, 2.75) is 19.6 Å². The van der Waals surface area contributed by atoms with Crippen LogP contribution in [-0.4, -0.2) is 5.11 Å². The minimum atomic E-state index is 0.358. The molecule has 0 radical (unpaired) electrons. The quantitative estimate of drug-likeness (QED) is 0.646. The predicted octanol–water partition coefficient (Wildman–Crippen LogP) is 4.77. The Hall–Kier alpha value is -0.580. The van der Waals surface area contributed by atoms with Crippen molar-refractivity contribution in [3.8, 4) is 5.75 Å². The van der Waals surface area contributed by atoms with E-state index in [4.69, 9.17) is 0 Å². The second-order valence-electron chi connectivity index (χ2n) is 3.38. The first-order chi connectivity index (χ1) is 7.75. The molecule has 0 aliphatic carbocycles. The molecule has 0 spiro atoms. The summed E-state index contributed by atoms with van der Waals surface area (Å²) < 4.78 is 1.08. The van der Waals surface area contributed by atoms with E-state index in [0.717, 1.165) is 14.3 Å². The number of phenolic OH excluding ortho intramolecular Hbond substituents is 1. The second-order valence-corrected chi connectivity index (χ2v) is 6.33. The van der Waals surface area contributed by atoms with Crippen LogP contribution in [0.2, 0.25) is 0 Å². The summed E-state index contributed by atoms with van der Waals surface area (Å²) in [6, 6.07) is 11.8. The average Bonchev–Trinajstić information content (AvgIpc) is 2.28. The Kier molecular flexibility index (Phi) is 2.65. The van der Waals surface area contributed by atoms with Crippen LogP contribution >= 0.6 is 39.5 Å². The SMILES string of the molecule is Oc1cccc2c1Sc1c(Br)cccc1S2. The Balaban J connectivity index is 2.17. The largest absolute Gasteiger partial charge is 0.507 e. The molecule has 1 heterocycles. The minimum absolute atomic E-state index is 0.358. The zero-order valence-electron chi connectivity index (χ0n) is 8.11. The summed E-state index contributed by atoms with van der Waals surface area (Å²) in [6.45, 7) is 0. The summed E-state index contributed by atoms with van der Waals surface area (Å²) in [4.78, 5) is 4.49. The molecule has 0 saturated carbocycles. The summed E-state index contributed by atoms with van der Waals surface area (Å²) >= 11 is 6.86. The van der Waals surface area contributed by atoms with Gasteiger partial charge in [0.15, 0.2) is 0 Å². The van der Waals surface area contributed by atoms with Crippen molar-refractivity contribution in [2.24, 2.45) is 0 Å². The van der Waals surface area contributed by atoms with Crippen LogP contribution in [0, 0.1) is 0 Å². The van der Waals surface area contributed by atoms with E-state index < -0.39 is 0 Å². The van der Waals surface area contributed by atoms with Gasteiger partial charge in [-0.15, -0.1) is 0 Å².